The molecule has 2 aromatic heterocycles. The van der Waals surface area contributed by atoms with Crippen LogP contribution in [-0.4, -0.2) is 38.2 Å². The predicted molar refractivity (Wildman–Crippen MR) is 147 cm³/mol. The summed E-state index contributed by atoms with van der Waals surface area (Å²) in [5, 5.41) is 6.97. The Morgan fingerprint density at radius 3 is 1.65 bits per heavy atom. The molecule has 0 aliphatic heterocycles. The molecule has 0 amide bonds. The van der Waals surface area contributed by atoms with Crippen LogP contribution in [0, 0.1) is 0 Å². The third kappa shape index (κ3) is 9.74. The highest BCUT2D eigenvalue weighted by molar-refractivity contribution is 7.99. The molecule has 0 saturated heterocycles. The summed E-state index contributed by atoms with van der Waals surface area (Å²) in [6, 6.07) is 23.0. The van der Waals surface area contributed by atoms with Gasteiger partial charge in [0.2, 0.25) is 0 Å². The van der Waals surface area contributed by atoms with E-state index in [-0.39, 0.29) is 11.1 Å². The average molecular weight is 478 g/mol. The van der Waals surface area contributed by atoms with Crippen molar-refractivity contribution in [3.63, 3.8) is 0 Å². The average Bonchev–Trinajstić information content (AvgIpc) is 2.72. The summed E-state index contributed by atoms with van der Waals surface area (Å²) in [7, 11) is 0. The van der Waals surface area contributed by atoms with E-state index in [1.165, 1.54) is 4.90 Å². The van der Waals surface area contributed by atoms with E-state index in [1.54, 1.807) is 0 Å². The summed E-state index contributed by atoms with van der Waals surface area (Å²) in [5.41, 5.74) is 2.07. The lowest BCUT2D eigenvalue weighted by atomic mass is 10.1. The lowest BCUT2D eigenvalue weighted by Crippen LogP contribution is -2.29. The van der Waals surface area contributed by atoms with Crippen molar-refractivity contribution in [2.45, 2.75) is 70.6 Å². The Bertz CT molecular complexity index is 963. The van der Waals surface area contributed by atoms with E-state index in [1.807, 2.05) is 23.9 Å². The van der Waals surface area contributed by atoms with Crippen molar-refractivity contribution in [2.24, 2.45) is 0 Å². The standard InChI is InChI=1S/C28H39N5S/c1-27(2,3)31-25-16-10-12-22(29-25)20-33(18-19-34-24-14-8-7-9-15-24)21-23-13-11-17-26(30-23)32-28(4,5)6/h7-17H,18-21H2,1-6H3,(H,29,31)(H,30,32). The van der Waals surface area contributed by atoms with Crippen LogP contribution in [0.2, 0.25) is 0 Å². The van der Waals surface area contributed by atoms with Crippen LogP contribution in [0.3, 0.4) is 0 Å². The molecule has 34 heavy (non-hydrogen) atoms. The van der Waals surface area contributed by atoms with Crippen molar-refractivity contribution in [1.82, 2.24) is 14.9 Å². The SMILES string of the molecule is CC(C)(C)Nc1cccc(CN(CCSc2ccccc2)Cc2cccc(NC(C)(C)C)n2)n1. The number of hydrogen-bond acceptors (Lipinski definition) is 6. The fraction of sp³-hybridized carbons (Fsp3) is 0.429. The monoisotopic (exact) mass is 477 g/mol. The molecule has 0 spiro atoms. The number of nitrogens with one attached hydrogen (secondary N) is 2. The van der Waals surface area contributed by atoms with Gasteiger partial charge in [0.15, 0.2) is 0 Å². The normalized spacial score (nSPS) is 12.1. The first-order chi connectivity index (χ1) is 16.1. The Hall–Kier alpha value is -2.57. The fourth-order valence-corrected chi connectivity index (χ4v) is 4.46. The molecule has 3 aromatic rings. The molecule has 5 nitrogen and oxygen atoms in total. The molecule has 2 heterocycles. The zero-order valence-corrected chi connectivity index (χ0v) is 22.2. The van der Waals surface area contributed by atoms with Crippen molar-refractivity contribution in [3.8, 4) is 0 Å². The van der Waals surface area contributed by atoms with Gasteiger partial charge in [-0.05, 0) is 77.9 Å². The molecule has 0 aliphatic carbocycles. The molecule has 0 aliphatic rings. The van der Waals surface area contributed by atoms with Crippen molar-refractivity contribution in [1.29, 1.82) is 0 Å². The number of rotatable bonds is 10. The van der Waals surface area contributed by atoms with Gasteiger partial charge in [0.25, 0.3) is 0 Å². The number of aromatic nitrogens is 2. The summed E-state index contributed by atoms with van der Waals surface area (Å²) in [6.07, 6.45) is 0. The molecule has 2 N–H and O–H groups in total. The second kappa shape index (κ2) is 11.7. The Balaban J connectivity index is 1.73. The van der Waals surface area contributed by atoms with Gasteiger partial charge in [-0.1, -0.05) is 30.3 Å². The van der Waals surface area contributed by atoms with Gasteiger partial charge in [0, 0.05) is 41.4 Å². The quantitative estimate of drug-likeness (QED) is 0.317. The molecule has 0 radical (unpaired) electrons. The van der Waals surface area contributed by atoms with Gasteiger partial charge in [-0.15, -0.1) is 11.8 Å². The first-order valence-corrected chi connectivity index (χ1v) is 12.9. The third-order valence-electron chi connectivity index (χ3n) is 4.81. The van der Waals surface area contributed by atoms with Crippen molar-refractivity contribution >= 4 is 23.4 Å². The van der Waals surface area contributed by atoms with E-state index in [0.717, 1.165) is 48.4 Å². The van der Waals surface area contributed by atoms with E-state index in [2.05, 4.69) is 112 Å². The van der Waals surface area contributed by atoms with Gasteiger partial charge >= 0.3 is 0 Å². The van der Waals surface area contributed by atoms with E-state index in [9.17, 15) is 0 Å². The highest BCUT2D eigenvalue weighted by atomic mass is 32.2. The molecule has 0 saturated carbocycles. The predicted octanol–water partition coefficient (Wildman–Crippen LogP) is 6.69. The molecule has 182 valence electrons. The number of hydrogen-bond donors (Lipinski definition) is 2. The van der Waals surface area contributed by atoms with Crippen LogP contribution in [0.4, 0.5) is 11.6 Å². The minimum Gasteiger partial charge on any atom is -0.365 e. The maximum atomic E-state index is 4.88. The zero-order chi connectivity index (χ0) is 24.6. The Morgan fingerprint density at radius 2 is 1.18 bits per heavy atom. The molecule has 0 unspecified atom stereocenters. The number of benzene rings is 1. The van der Waals surface area contributed by atoms with Crippen molar-refractivity contribution in [3.05, 3.63) is 78.1 Å². The van der Waals surface area contributed by atoms with E-state index < -0.39 is 0 Å². The summed E-state index contributed by atoms with van der Waals surface area (Å²) < 4.78 is 0. The Labute approximate surface area is 209 Å². The lowest BCUT2D eigenvalue weighted by Gasteiger charge is -2.25. The van der Waals surface area contributed by atoms with Crippen LogP contribution in [-0.2, 0) is 13.1 Å². The number of anilines is 2. The maximum Gasteiger partial charge on any atom is 0.126 e. The van der Waals surface area contributed by atoms with E-state index in [4.69, 9.17) is 9.97 Å². The molecule has 0 bridgehead atoms. The third-order valence-corrected chi connectivity index (χ3v) is 5.80. The summed E-state index contributed by atoms with van der Waals surface area (Å²) in [6.45, 7) is 15.4. The van der Waals surface area contributed by atoms with Gasteiger partial charge in [-0.2, -0.15) is 0 Å². The molecule has 6 heteroatoms. The second-order valence-electron chi connectivity index (χ2n) is 10.7. The van der Waals surface area contributed by atoms with Crippen LogP contribution in [0.5, 0.6) is 0 Å². The summed E-state index contributed by atoms with van der Waals surface area (Å²) in [5.74, 6) is 2.83. The van der Waals surface area contributed by atoms with Gasteiger partial charge in [0.05, 0.1) is 11.4 Å². The highest BCUT2D eigenvalue weighted by Crippen LogP contribution is 2.20. The van der Waals surface area contributed by atoms with Gasteiger partial charge in [0.1, 0.15) is 11.6 Å². The van der Waals surface area contributed by atoms with Crippen LogP contribution in [0.1, 0.15) is 52.9 Å². The summed E-state index contributed by atoms with van der Waals surface area (Å²) >= 11 is 1.88. The molecular weight excluding hydrogens is 438 g/mol. The van der Waals surface area contributed by atoms with Crippen LogP contribution >= 0.6 is 11.8 Å². The fourth-order valence-electron chi connectivity index (χ4n) is 3.52. The van der Waals surface area contributed by atoms with Gasteiger partial charge in [-0.25, -0.2) is 9.97 Å². The van der Waals surface area contributed by atoms with Crippen LogP contribution < -0.4 is 10.6 Å². The largest absolute Gasteiger partial charge is 0.365 e. The minimum absolute atomic E-state index is 0.0257. The van der Waals surface area contributed by atoms with Gasteiger partial charge in [-0.3, -0.25) is 4.90 Å². The summed E-state index contributed by atoms with van der Waals surface area (Å²) in [4.78, 5) is 13.5. The number of pyridine rings is 2. The van der Waals surface area contributed by atoms with Crippen LogP contribution in [0.15, 0.2) is 71.6 Å². The Morgan fingerprint density at radius 1 is 0.676 bits per heavy atom. The Kier molecular flexibility index (Phi) is 8.97. The number of thioether (sulfide) groups is 1. The smallest absolute Gasteiger partial charge is 0.126 e. The van der Waals surface area contributed by atoms with E-state index in [0.29, 0.717) is 0 Å². The van der Waals surface area contributed by atoms with Crippen LogP contribution in [0.25, 0.3) is 0 Å². The van der Waals surface area contributed by atoms with Crippen molar-refractivity contribution in [2.75, 3.05) is 22.9 Å². The number of nitrogens with zero attached hydrogens (tertiary/aromatic N) is 3. The minimum atomic E-state index is -0.0257. The molecular formula is C28H39N5S. The molecule has 0 fully saturated rings. The second-order valence-corrected chi connectivity index (χ2v) is 11.8. The highest BCUT2D eigenvalue weighted by Gasteiger charge is 2.14. The topological polar surface area (TPSA) is 53.1 Å². The first kappa shape index (κ1) is 26.0. The zero-order valence-electron chi connectivity index (χ0n) is 21.4. The molecule has 0 atom stereocenters. The van der Waals surface area contributed by atoms with Gasteiger partial charge < -0.3 is 10.6 Å². The van der Waals surface area contributed by atoms with E-state index >= 15 is 0 Å². The van der Waals surface area contributed by atoms with Crippen molar-refractivity contribution < 1.29 is 0 Å². The molecule has 3 rings (SSSR count). The maximum absolute atomic E-state index is 4.88. The lowest BCUT2D eigenvalue weighted by molar-refractivity contribution is 0.267. The first-order valence-electron chi connectivity index (χ1n) is 11.9. The molecule has 1 aromatic carbocycles.